The van der Waals surface area contributed by atoms with Crippen LogP contribution in [0.5, 0.6) is 0 Å². The van der Waals surface area contributed by atoms with Crippen molar-refractivity contribution in [2.24, 2.45) is 28.6 Å². The summed E-state index contributed by atoms with van der Waals surface area (Å²) in [7, 11) is -3.11. The molecule has 6 rings (SSSR count). The zero-order valence-corrected chi connectivity index (χ0v) is 20.2. The van der Waals surface area contributed by atoms with Crippen LogP contribution >= 0.6 is 0 Å². The molecule has 6 atom stereocenters. The molecule has 0 bridgehead atoms. The lowest BCUT2D eigenvalue weighted by Gasteiger charge is -2.58. The molecule has 1 N–H and O–H groups in total. The van der Waals surface area contributed by atoms with E-state index in [0.29, 0.717) is 5.92 Å². The first kappa shape index (κ1) is 21.1. The van der Waals surface area contributed by atoms with E-state index in [9.17, 15) is 8.42 Å². The van der Waals surface area contributed by atoms with Crippen LogP contribution < -0.4 is 4.72 Å². The van der Waals surface area contributed by atoms with Gasteiger partial charge in [0, 0.05) is 18.4 Å². The molecule has 0 aliphatic heterocycles. The van der Waals surface area contributed by atoms with Crippen molar-refractivity contribution >= 4 is 15.6 Å². The van der Waals surface area contributed by atoms with E-state index in [-0.39, 0.29) is 22.1 Å². The van der Waals surface area contributed by atoms with Crippen LogP contribution in [-0.4, -0.2) is 24.7 Å². The first-order chi connectivity index (χ1) is 15.3. The summed E-state index contributed by atoms with van der Waals surface area (Å²) in [6, 6.07) is 4.38. The van der Waals surface area contributed by atoms with Gasteiger partial charge in [0.1, 0.15) is 0 Å². The van der Waals surface area contributed by atoms with Gasteiger partial charge in [-0.15, -0.1) is 0 Å². The molecule has 1 aromatic rings. The second kappa shape index (κ2) is 7.27. The van der Waals surface area contributed by atoms with Gasteiger partial charge in [-0.2, -0.15) is 0 Å². The monoisotopic (exact) mass is 452 g/mol. The molecular formula is C27H36N2O2S. The Balaban J connectivity index is 1.23. The zero-order chi connectivity index (χ0) is 22.1. The van der Waals surface area contributed by atoms with Crippen LogP contribution in [0.4, 0.5) is 0 Å². The number of aromatic nitrogens is 1. The van der Waals surface area contributed by atoms with Crippen LogP contribution in [0.3, 0.4) is 0 Å². The maximum absolute atomic E-state index is 12.5. The van der Waals surface area contributed by atoms with E-state index in [1.165, 1.54) is 36.0 Å². The number of nitrogens with one attached hydrogen (secondary N) is 1. The van der Waals surface area contributed by atoms with E-state index in [1.54, 1.807) is 0 Å². The Morgan fingerprint density at radius 3 is 2.56 bits per heavy atom. The number of allylic oxidation sites excluding steroid dienone is 3. The average Bonchev–Trinajstić information content (AvgIpc) is 3.57. The van der Waals surface area contributed by atoms with E-state index >= 15 is 0 Å². The number of fused-ring (bicyclic) bond motifs is 5. The van der Waals surface area contributed by atoms with Crippen LogP contribution in [0.15, 0.2) is 42.3 Å². The largest absolute Gasteiger partial charge is 0.264 e. The average molecular weight is 453 g/mol. The first-order valence-electron chi connectivity index (χ1n) is 12.6. The molecule has 0 saturated heterocycles. The Morgan fingerprint density at radius 2 is 1.81 bits per heavy atom. The minimum atomic E-state index is -3.11. The summed E-state index contributed by atoms with van der Waals surface area (Å²) < 4.78 is 28.1. The lowest BCUT2D eigenvalue weighted by Crippen LogP contribution is -2.51. The highest BCUT2D eigenvalue weighted by molar-refractivity contribution is 7.90. The molecule has 3 saturated carbocycles. The van der Waals surface area contributed by atoms with Gasteiger partial charge in [-0.05, 0) is 104 Å². The lowest BCUT2D eigenvalue weighted by molar-refractivity contribution is -0.0117. The molecule has 32 heavy (non-hydrogen) atoms. The van der Waals surface area contributed by atoms with Gasteiger partial charge in [-0.25, -0.2) is 13.1 Å². The van der Waals surface area contributed by atoms with Gasteiger partial charge in [0.15, 0.2) is 0 Å². The van der Waals surface area contributed by atoms with Crippen molar-refractivity contribution in [2.75, 3.05) is 0 Å². The van der Waals surface area contributed by atoms with Gasteiger partial charge < -0.3 is 0 Å². The number of pyridine rings is 1. The molecule has 0 radical (unpaired) electrons. The fourth-order valence-corrected chi connectivity index (χ4v) is 9.62. The lowest BCUT2D eigenvalue weighted by atomic mass is 9.47. The van der Waals surface area contributed by atoms with Gasteiger partial charge >= 0.3 is 0 Å². The van der Waals surface area contributed by atoms with Crippen LogP contribution in [0.2, 0.25) is 0 Å². The summed E-state index contributed by atoms with van der Waals surface area (Å²) >= 11 is 0. The maximum Gasteiger partial charge on any atom is 0.214 e. The summed E-state index contributed by atoms with van der Waals surface area (Å²) in [5.41, 5.74) is 4.85. The van der Waals surface area contributed by atoms with Gasteiger partial charge in [0.05, 0.1) is 5.25 Å². The van der Waals surface area contributed by atoms with Crippen molar-refractivity contribution in [1.82, 2.24) is 9.71 Å². The van der Waals surface area contributed by atoms with Gasteiger partial charge in [0.2, 0.25) is 10.0 Å². The SMILES string of the molecule is C[C@]12CC[C@@H](NS(=O)(=O)C3CC3)CC1=CCC1C2CC[C@]2(C)C(c3cccnc3)=CCC12. The predicted molar refractivity (Wildman–Crippen MR) is 128 cm³/mol. The molecule has 172 valence electrons. The van der Waals surface area contributed by atoms with Gasteiger partial charge in [0.25, 0.3) is 0 Å². The van der Waals surface area contributed by atoms with Crippen molar-refractivity contribution in [3.05, 3.63) is 47.8 Å². The number of hydrogen-bond donors (Lipinski definition) is 1. The fourth-order valence-electron chi connectivity index (χ4n) is 8.01. The van der Waals surface area contributed by atoms with Crippen molar-refractivity contribution in [2.45, 2.75) is 82.9 Å². The van der Waals surface area contributed by atoms with Gasteiger partial charge in [-0.1, -0.05) is 37.6 Å². The fraction of sp³-hybridized carbons (Fsp3) is 0.667. The smallest absolute Gasteiger partial charge is 0.214 e. The zero-order valence-electron chi connectivity index (χ0n) is 19.4. The third kappa shape index (κ3) is 3.18. The number of rotatable bonds is 4. The van der Waals surface area contributed by atoms with Crippen molar-refractivity contribution < 1.29 is 8.42 Å². The molecule has 3 fully saturated rings. The summed E-state index contributed by atoms with van der Waals surface area (Å²) in [6.07, 6.45) is 18.5. The minimum Gasteiger partial charge on any atom is -0.264 e. The van der Waals surface area contributed by atoms with E-state index in [1.807, 2.05) is 12.4 Å². The number of sulfonamides is 1. The van der Waals surface area contributed by atoms with Crippen molar-refractivity contribution in [3.8, 4) is 0 Å². The normalized spacial score (nSPS) is 41.2. The minimum absolute atomic E-state index is 0.0932. The van der Waals surface area contributed by atoms with E-state index < -0.39 is 10.0 Å². The Morgan fingerprint density at radius 1 is 1.00 bits per heavy atom. The third-order valence-electron chi connectivity index (χ3n) is 9.95. The standard InChI is InChI=1S/C27H36N2O2S/c1-26-13-11-20(29-32(30,31)21-6-7-21)16-19(26)5-8-22-24-10-9-23(18-4-3-15-28-17-18)27(24,2)14-12-25(22)26/h3-5,9,15,17,20-22,24-25,29H,6-8,10-14,16H2,1-2H3/t20-,22?,24?,25?,26+,27-/m1/s1. The topological polar surface area (TPSA) is 59.1 Å². The van der Waals surface area contributed by atoms with Crippen LogP contribution in [-0.2, 0) is 10.0 Å². The molecule has 4 nitrogen and oxygen atoms in total. The predicted octanol–water partition coefficient (Wildman–Crippen LogP) is 5.49. The highest BCUT2D eigenvalue weighted by Crippen LogP contribution is 2.66. The Kier molecular flexibility index (Phi) is 4.79. The van der Waals surface area contributed by atoms with Gasteiger partial charge in [-0.3, -0.25) is 4.98 Å². The Hall–Kier alpha value is -1.46. The molecule has 0 aromatic carbocycles. The van der Waals surface area contributed by atoms with E-state index in [0.717, 1.165) is 50.4 Å². The van der Waals surface area contributed by atoms with Crippen LogP contribution in [0.25, 0.3) is 5.57 Å². The second-order valence-electron chi connectivity index (χ2n) is 11.6. The second-order valence-corrected chi connectivity index (χ2v) is 13.6. The van der Waals surface area contributed by atoms with Crippen LogP contribution in [0.1, 0.15) is 77.2 Å². The molecule has 1 aromatic heterocycles. The van der Waals surface area contributed by atoms with Crippen molar-refractivity contribution in [3.63, 3.8) is 0 Å². The molecule has 0 spiro atoms. The highest BCUT2D eigenvalue weighted by atomic mass is 32.2. The molecular weight excluding hydrogens is 416 g/mol. The first-order valence-corrected chi connectivity index (χ1v) is 14.2. The molecule has 3 unspecified atom stereocenters. The van der Waals surface area contributed by atoms with Crippen LogP contribution in [0, 0.1) is 28.6 Å². The summed E-state index contributed by atoms with van der Waals surface area (Å²) in [4.78, 5) is 4.39. The quantitative estimate of drug-likeness (QED) is 0.615. The van der Waals surface area contributed by atoms with E-state index in [4.69, 9.17) is 0 Å². The number of hydrogen-bond acceptors (Lipinski definition) is 3. The third-order valence-corrected chi connectivity index (χ3v) is 12.0. The molecule has 1 heterocycles. The summed E-state index contributed by atoms with van der Waals surface area (Å²) in [5, 5.41) is -0.125. The maximum atomic E-state index is 12.5. The summed E-state index contributed by atoms with van der Waals surface area (Å²) in [6.45, 7) is 5.00. The molecule has 0 amide bonds. The molecule has 5 heteroatoms. The van der Waals surface area contributed by atoms with E-state index in [2.05, 4.69) is 47.8 Å². The summed E-state index contributed by atoms with van der Waals surface area (Å²) in [5.74, 6) is 2.16. The highest BCUT2D eigenvalue weighted by Gasteiger charge is 2.57. The molecule has 5 aliphatic carbocycles. The van der Waals surface area contributed by atoms with Crippen molar-refractivity contribution in [1.29, 1.82) is 0 Å². The Bertz CT molecular complexity index is 1070. The Labute approximate surface area is 193 Å². The molecule has 5 aliphatic rings. The number of nitrogens with zero attached hydrogens (tertiary/aromatic N) is 1.